The fourth-order valence-corrected chi connectivity index (χ4v) is 3.50. The average Bonchev–Trinajstić information content (AvgIpc) is 2.56. The molecule has 1 saturated carbocycles. The Morgan fingerprint density at radius 3 is 2.65 bits per heavy atom. The lowest BCUT2D eigenvalue weighted by Gasteiger charge is -2.26. The molecule has 0 saturated heterocycles. The molecule has 23 heavy (non-hydrogen) atoms. The van der Waals surface area contributed by atoms with E-state index in [2.05, 4.69) is 32.1 Å². The Bertz CT molecular complexity index is 487. The third-order valence-electron chi connectivity index (χ3n) is 4.92. The first-order valence-electron chi connectivity index (χ1n) is 9.20. The van der Waals surface area contributed by atoms with Gasteiger partial charge in [-0.3, -0.25) is 0 Å². The minimum atomic E-state index is -0.115. The number of hydrogen-bond acceptors (Lipinski definition) is 1. The van der Waals surface area contributed by atoms with E-state index in [1.807, 2.05) is 6.07 Å². The molecule has 128 valence electrons. The molecular weight excluding hydrogens is 287 g/mol. The second kappa shape index (κ2) is 9.87. The van der Waals surface area contributed by atoms with E-state index in [0.29, 0.717) is 18.8 Å². The van der Waals surface area contributed by atoms with Gasteiger partial charge >= 0.3 is 0 Å². The Labute approximate surface area is 140 Å². The highest BCUT2D eigenvalue weighted by atomic mass is 19.1. The van der Waals surface area contributed by atoms with Crippen LogP contribution in [0.1, 0.15) is 63.5 Å². The van der Waals surface area contributed by atoms with Gasteiger partial charge in [-0.25, -0.2) is 4.39 Å². The van der Waals surface area contributed by atoms with Crippen LogP contribution in [0.25, 0.3) is 0 Å². The molecule has 2 heteroatoms. The molecule has 1 aromatic carbocycles. The van der Waals surface area contributed by atoms with Crippen molar-refractivity contribution >= 4 is 0 Å². The predicted molar refractivity (Wildman–Crippen MR) is 94.9 cm³/mol. The predicted octanol–water partition coefficient (Wildman–Crippen LogP) is 6.07. The quantitative estimate of drug-likeness (QED) is 0.417. The van der Waals surface area contributed by atoms with E-state index in [1.54, 1.807) is 6.07 Å². The number of hydrogen-bond donors (Lipinski definition) is 0. The van der Waals surface area contributed by atoms with Crippen molar-refractivity contribution in [2.45, 2.75) is 65.4 Å². The molecule has 0 bridgehead atoms. The van der Waals surface area contributed by atoms with Gasteiger partial charge in [-0.05, 0) is 75.3 Å². The van der Waals surface area contributed by atoms with Crippen LogP contribution in [-0.4, -0.2) is 6.61 Å². The van der Waals surface area contributed by atoms with Crippen molar-refractivity contribution in [1.82, 2.24) is 0 Å². The van der Waals surface area contributed by atoms with E-state index in [4.69, 9.17) is 4.74 Å². The van der Waals surface area contributed by atoms with Crippen molar-refractivity contribution in [3.8, 4) is 0 Å². The van der Waals surface area contributed by atoms with E-state index in [9.17, 15) is 4.39 Å². The van der Waals surface area contributed by atoms with Crippen molar-refractivity contribution in [2.75, 3.05) is 6.61 Å². The van der Waals surface area contributed by atoms with E-state index >= 15 is 0 Å². The molecule has 0 aromatic heterocycles. The van der Waals surface area contributed by atoms with Crippen molar-refractivity contribution in [3.05, 3.63) is 47.3 Å². The zero-order chi connectivity index (χ0) is 16.5. The molecular formula is C21H31FO. The highest BCUT2D eigenvalue weighted by molar-refractivity contribution is 5.24. The lowest BCUT2D eigenvalue weighted by Crippen LogP contribution is -2.13. The zero-order valence-corrected chi connectivity index (χ0v) is 14.7. The molecule has 0 unspecified atom stereocenters. The minimum Gasteiger partial charge on any atom is -0.377 e. The summed E-state index contributed by atoms with van der Waals surface area (Å²) >= 11 is 0. The number of benzene rings is 1. The van der Waals surface area contributed by atoms with Gasteiger partial charge in [0.15, 0.2) is 0 Å². The van der Waals surface area contributed by atoms with Gasteiger partial charge in [0.1, 0.15) is 5.82 Å². The van der Waals surface area contributed by atoms with Gasteiger partial charge in [-0.15, -0.1) is 0 Å². The third-order valence-corrected chi connectivity index (χ3v) is 4.92. The van der Waals surface area contributed by atoms with Crippen LogP contribution >= 0.6 is 0 Å². The largest absolute Gasteiger partial charge is 0.377 e. The second-order valence-corrected chi connectivity index (χ2v) is 6.82. The first kappa shape index (κ1) is 18.2. The summed E-state index contributed by atoms with van der Waals surface area (Å²) in [5, 5.41) is 0. The second-order valence-electron chi connectivity index (χ2n) is 6.82. The van der Waals surface area contributed by atoms with Crippen LogP contribution in [0.5, 0.6) is 0 Å². The lowest BCUT2D eigenvalue weighted by atomic mass is 9.79. The highest BCUT2D eigenvalue weighted by Crippen LogP contribution is 2.32. The first-order valence-corrected chi connectivity index (χ1v) is 9.20. The molecule has 0 spiro atoms. The van der Waals surface area contributed by atoms with Crippen molar-refractivity contribution < 1.29 is 9.13 Å². The fraction of sp³-hybridized carbons (Fsp3) is 0.619. The standard InChI is InChI=1S/C21H31FO/c1-3-5-17-6-8-18(9-7-17)10-11-19-12-13-20(21(22)15-19)16-23-14-4-2/h3,5,12-13,15,17-18H,4,6-11,14,16H2,1-2H3/b5-3+. The van der Waals surface area contributed by atoms with Gasteiger partial charge < -0.3 is 4.74 Å². The number of ether oxygens (including phenoxy) is 1. The van der Waals surface area contributed by atoms with E-state index in [0.717, 1.165) is 30.2 Å². The first-order chi connectivity index (χ1) is 11.2. The maximum absolute atomic E-state index is 14.1. The SMILES string of the molecule is C/C=C/C1CCC(CCc2ccc(COCCC)c(F)c2)CC1. The van der Waals surface area contributed by atoms with Crippen LogP contribution < -0.4 is 0 Å². The molecule has 1 aliphatic carbocycles. The third kappa shape index (κ3) is 6.10. The van der Waals surface area contributed by atoms with Crippen molar-refractivity contribution in [2.24, 2.45) is 11.8 Å². The molecule has 0 N–H and O–H groups in total. The molecule has 1 fully saturated rings. The molecule has 1 aliphatic rings. The summed E-state index contributed by atoms with van der Waals surface area (Å²) in [4.78, 5) is 0. The highest BCUT2D eigenvalue weighted by Gasteiger charge is 2.19. The van der Waals surface area contributed by atoms with Gasteiger partial charge in [-0.1, -0.05) is 31.2 Å². The van der Waals surface area contributed by atoms with Crippen LogP contribution in [0.2, 0.25) is 0 Å². The fourth-order valence-electron chi connectivity index (χ4n) is 3.50. The van der Waals surface area contributed by atoms with Gasteiger partial charge in [0.25, 0.3) is 0 Å². The molecule has 2 rings (SSSR count). The normalized spacial score (nSPS) is 21.9. The van der Waals surface area contributed by atoms with Crippen LogP contribution in [0, 0.1) is 17.7 Å². The van der Waals surface area contributed by atoms with Gasteiger partial charge in [-0.2, -0.15) is 0 Å². The number of allylic oxidation sites excluding steroid dienone is 2. The van der Waals surface area contributed by atoms with E-state index < -0.39 is 0 Å². The molecule has 0 aliphatic heterocycles. The van der Waals surface area contributed by atoms with Crippen LogP contribution in [-0.2, 0) is 17.8 Å². The smallest absolute Gasteiger partial charge is 0.128 e. The molecule has 0 amide bonds. The van der Waals surface area contributed by atoms with Gasteiger partial charge in [0.2, 0.25) is 0 Å². The molecule has 0 heterocycles. The summed E-state index contributed by atoms with van der Waals surface area (Å²) in [6.07, 6.45) is 13.0. The summed E-state index contributed by atoms with van der Waals surface area (Å²) in [6, 6.07) is 5.67. The summed E-state index contributed by atoms with van der Waals surface area (Å²) in [5.74, 6) is 1.48. The van der Waals surface area contributed by atoms with Gasteiger partial charge in [0, 0.05) is 12.2 Å². The molecule has 0 atom stereocenters. The average molecular weight is 318 g/mol. The maximum atomic E-state index is 14.1. The maximum Gasteiger partial charge on any atom is 0.128 e. The van der Waals surface area contributed by atoms with Crippen molar-refractivity contribution in [3.63, 3.8) is 0 Å². The number of halogens is 1. The van der Waals surface area contributed by atoms with Gasteiger partial charge in [0.05, 0.1) is 6.61 Å². The van der Waals surface area contributed by atoms with Crippen LogP contribution in [0.4, 0.5) is 4.39 Å². The van der Waals surface area contributed by atoms with E-state index in [-0.39, 0.29) is 5.82 Å². The zero-order valence-electron chi connectivity index (χ0n) is 14.7. The van der Waals surface area contributed by atoms with Crippen LogP contribution in [0.15, 0.2) is 30.4 Å². The number of aryl methyl sites for hydroxylation is 1. The Morgan fingerprint density at radius 2 is 2.00 bits per heavy atom. The topological polar surface area (TPSA) is 9.23 Å². The minimum absolute atomic E-state index is 0.115. The Balaban J connectivity index is 1.77. The molecule has 0 radical (unpaired) electrons. The summed E-state index contributed by atoms with van der Waals surface area (Å²) in [5.41, 5.74) is 1.80. The Hall–Kier alpha value is -1.15. The molecule has 1 nitrogen and oxygen atoms in total. The summed E-state index contributed by atoms with van der Waals surface area (Å²) in [7, 11) is 0. The van der Waals surface area contributed by atoms with E-state index in [1.165, 1.54) is 32.1 Å². The number of rotatable bonds is 8. The summed E-state index contributed by atoms with van der Waals surface area (Å²) in [6.45, 7) is 5.25. The van der Waals surface area contributed by atoms with Crippen LogP contribution in [0.3, 0.4) is 0 Å². The monoisotopic (exact) mass is 318 g/mol. The Morgan fingerprint density at radius 1 is 1.22 bits per heavy atom. The summed E-state index contributed by atoms with van der Waals surface area (Å²) < 4.78 is 19.5. The molecule has 1 aromatic rings. The lowest BCUT2D eigenvalue weighted by molar-refractivity contribution is 0.119. The van der Waals surface area contributed by atoms with Crippen molar-refractivity contribution in [1.29, 1.82) is 0 Å². The Kier molecular flexibility index (Phi) is 7.81.